The molecule has 0 unspecified atom stereocenters. The highest BCUT2D eigenvalue weighted by atomic mass is 32.1. The van der Waals surface area contributed by atoms with Gasteiger partial charge in [0.05, 0.1) is 16.6 Å². The normalized spacial score (nSPS) is 14.0. The van der Waals surface area contributed by atoms with Crippen molar-refractivity contribution in [1.29, 1.82) is 0 Å². The maximum absolute atomic E-state index is 9.10. The fraction of sp³-hybridized carbons (Fsp3) is 0.312. The van der Waals surface area contributed by atoms with Gasteiger partial charge in [0.15, 0.2) is 0 Å². The maximum Gasteiger partial charge on any atom is 0.414 e. The van der Waals surface area contributed by atoms with Crippen LogP contribution in [0.2, 0.25) is 0 Å². The van der Waals surface area contributed by atoms with Crippen molar-refractivity contribution in [1.82, 2.24) is 30.0 Å². The fourth-order valence-electron chi connectivity index (χ4n) is 2.47. The topological polar surface area (TPSA) is 155 Å². The van der Waals surface area contributed by atoms with E-state index in [-0.39, 0.29) is 5.92 Å². The lowest BCUT2D eigenvalue weighted by atomic mass is 10.00. The number of carbonyl (C=O) groups is 2. The van der Waals surface area contributed by atoms with Gasteiger partial charge < -0.3 is 14.7 Å². The third kappa shape index (κ3) is 4.92. The van der Waals surface area contributed by atoms with Gasteiger partial charge in [-0.05, 0) is 13.0 Å². The average molecular weight is 404 g/mol. The van der Waals surface area contributed by atoms with Crippen molar-refractivity contribution in [2.45, 2.75) is 19.4 Å². The smallest absolute Gasteiger partial charge is 0.414 e. The lowest BCUT2D eigenvalue weighted by molar-refractivity contribution is -0.159. The van der Waals surface area contributed by atoms with Crippen LogP contribution in [0.3, 0.4) is 0 Å². The third-order valence-electron chi connectivity index (χ3n) is 3.75. The molecule has 3 aromatic heterocycles. The molecule has 0 bridgehead atoms. The quantitative estimate of drug-likeness (QED) is 0.599. The summed E-state index contributed by atoms with van der Waals surface area (Å²) in [5, 5.41) is 22.0. The van der Waals surface area contributed by atoms with E-state index in [0.29, 0.717) is 17.5 Å². The highest BCUT2D eigenvalue weighted by molar-refractivity contribution is 7.09. The van der Waals surface area contributed by atoms with E-state index in [9.17, 15) is 0 Å². The minimum absolute atomic E-state index is 0.282. The Hall–Kier alpha value is -3.25. The monoisotopic (exact) mass is 404 g/mol. The van der Waals surface area contributed by atoms with E-state index in [2.05, 4.69) is 35.4 Å². The van der Waals surface area contributed by atoms with Gasteiger partial charge in [-0.3, -0.25) is 4.90 Å². The zero-order chi connectivity index (χ0) is 20.1. The van der Waals surface area contributed by atoms with Gasteiger partial charge in [-0.2, -0.15) is 4.98 Å². The van der Waals surface area contributed by atoms with Gasteiger partial charge in [0.1, 0.15) is 0 Å². The highest BCUT2D eigenvalue weighted by Crippen LogP contribution is 2.28. The van der Waals surface area contributed by atoms with Crippen LogP contribution in [0.5, 0.6) is 0 Å². The molecule has 12 heteroatoms. The summed E-state index contributed by atoms with van der Waals surface area (Å²) in [4.78, 5) is 37.7. The number of rotatable bonds is 4. The summed E-state index contributed by atoms with van der Waals surface area (Å²) in [5.41, 5.74) is 1.13. The lowest BCUT2D eigenvalue weighted by Gasteiger charge is -2.36. The molecule has 0 atom stereocenters. The summed E-state index contributed by atoms with van der Waals surface area (Å²) in [6.07, 6.45) is 3.33. The van der Waals surface area contributed by atoms with E-state index >= 15 is 0 Å². The number of aromatic nitrogens is 5. The molecule has 3 aromatic rings. The molecule has 0 spiro atoms. The van der Waals surface area contributed by atoms with Crippen LogP contribution in [0, 0.1) is 6.92 Å². The molecule has 0 radical (unpaired) electrons. The molecule has 0 saturated carbocycles. The molecule has 0 aromatic carbocycles. The number of aliphatic carboxylic acids is 2. The van der Waals surface area contributed by atoms with Gasteiger partial charge in [0, 0.05) is 37.4 Å². The summed E-state index contributed by atoms with van der Waals surface area (Å²) in [6, 6.07) is 1.76. The Morgan fingerprint density at radius 3 is 2.43 bits per heavy atom. The molecular weight excluding hydrogens is 388 g/mol. The Bertz CT molecular complexity index is 941. The van der Waals surface area contributed by atoms with E-state index < -0.39 is 11.9 Å². The van der Waals surface area contributed by atoms with Crippen molar-refractivity contribution in [3.63, 3.8) is 0 Å². The first-order chi connectivity index (χ1) is 13.4. The average Bonchev–Trinajstić information content (AvgIpc) is 3.28. The van der Waals surface area contributed by atoms with Crippen LogP contribution in [0.4, 0.5) is 0 Å². The van der Waals surface area contributed by atoms with E-state index in [0.717, 1.165) is 30.3 Å². The second-order valence-electron chi connectivity index (χ2n) is 5.89. The largest absolute Gasteiger partial charge is 0.473 e. The Morgan fingerprint density at radius 2 is 1.86 bits per heavy atom. The second-order valence-corrected chi connectivity index (χ2v) is 6.95. The first-order valence-corrected chi connectivity index (χ1v) is 9.01. The molecule has 4 heterocycles. The lowest BCUT2D eigenvalue weighted by Crippen LogP contribution is -2.44. The number of thiazole rings is 1. The Balaban J connectivity index is 0.000000330. The van der Waals surface area contributed by atoms with Gasteiger partial charge in [0.2, 0.25) is 17.5 Å². The first kappa shape index (κ1) is 19.5. The Kier molecular flexibility index (Phi) is 6.01. The molecule has 11 nitrogen and oxygen atoms in total. The number of aryl methyl sites for hydroxylation is 1. The predicted molar refractivity (Wildman–Crippen MR) is 95.5 cm³/mol. The number of carboxylic acid groups (broad SMARTS) is 2. The zero-order valence-electron chi connectivity index (χ0n) is 14.7. The number of hydrogen-bond donors (Lipinski definition) is 2. The van der Waals surface area contributed by atoms with E-state index in [1.807, 2.05) is 6.92 Å². The van der Waals surface area contributed by atoms with Crippen molar-refractivity contribution < 1.29 is 24.3 Å². The van der Waals surface area contributed by atoms with E-state index in [1.54, 1.807) is 29.8 Å². The number of hydrogen-bond acceptors (Lipinski definition) is 10. The standard InChI is InChI=1S/C14H14N6OS.C2H2O4/c1-9-17-11(8-22-9)7-20-5-10(6-20)14-18-13(19-21-14)12-15-3-2-4-16-12;3-1(4)2(5)6/h2-4,8,10H,5-7H2,1H3;(H,3,4)(H,5,6). The van der Waals surface area contributed by atoms with E-state index in [4.69, 9.17) is 24.3 Å². The summed E-state index contributed by atoms with van der Waals surface area (Å²) < 4.78 is 5.34. The SMILES string of the molecule is Cc1nc(CN2CC(c3nc(-c4ncccn4)no3)C2)cs1.O=C(O)C(=O)O. The van der Waals surface area contributed by atoms with Crippen molar-refractivity contribution in [2.75, 3.05) is 13.1 Å². The number of carboxylic acids is 2. The van der Waals surface area contributed by atoms with E-state index in [1.165, 1.54) is 0 Å². The molecule has 1 saturated heterocycles. The van der Waals surface area contributed by atoms with Gasteiger partial charge in [0.25, 0.3) is 0 Å². The molecule has 0 amide bonds. The number of likely N-dealkylation sites (tertiary alicyclic amines) is 1. The molecule has 1 aliphatic rings. The van der Waals surface area contributed by atoms with Crippen molar-refractivity contribution >= 4 is 23.3 Å². The van der Waals surface area contributed by atoms with Crippen LogP contribution in [-0.4, -0.2) is 65.2 Å². The summed E-state index contributed by atoms with van der Waals surface area (Å²) in [6.45, 7) is 4.73. The molecule has 146 valence electrons. The summed E-state index contributed by atoms with van der Waals surface area (Å²) in [7, 11) is 0. The fourth-order valence-corrected chi connectivity index (χ4v) is 3.08. The first-order valence-electron chi connectivity index (χ1n) is 8.13. The molecule has 28 heavy (non-hydrogen) atoms. The van der Waals surface area contributed by atoms with Crippen LogP contribution < -0.4 is 0 Å². The zero-order valence-corrected chi connectivity index (χ0v) is 15.5. The van der Waals surface area contributed by atoms with Crippen molar-refractivity contribution in [3.8, 4) is 11.6 Å². The minimum Gasteiger partial charge on any atom is -0.473 e. The summed E-state index contributed by atoms with van der Waals surface area (Å²) >= 11 is 1.69. The van der Waals surface area contributed by atoms with Crippen LogP contribution in [0.1, 0.15) is 22.5 Å². The van der Waals surface area contributed by atoms with Crippen LogP contribution >= 0.6 is 11.3 Å². The predicted octanol–water partition coefficient (Wildman–Crippen LogP) is 1.05. The minimum atomic E-state index is -1.82. The van der Waals surface area contributed by atoms with Crippen LogP contribution in [-0.2, 0) is 16.1 Å². The van der Waals surface area contributed by atoms with Crippen LogP contribution in [0.25, 0.3) is 11.6 Å². The van der Waals surface area contributed by atoms with Crippen molar-refractivity contribution in [2.24, 2.45) is 0 Å². The van der Waals surface area contributed by atoms with Gasteiger partial charge in [-0.25, -0.2) is 24.5 Å². The maximum atomic E-state index is 9.10. The van der Waals surface area contributed by atoms with Crippen LogP contribution in [0.15, 0.2) is 28.4 Å². The molecular formula is C16H16N6O5S. The Morgan fingerprint density at radius 1 is 1.18 bits per heavy atom. The van der Waals surface area contributed by atoms with Gasteiger partial charge >= 0.3 is 11.9 Å². The molecule has 2 N–H and O–H groups in total. The Labute approximate surface area is 162 Å². The molecule has 1 fully saturated rings. The van der Waals surface area contributed by atoms with Gasteiger partial charge in [-0.1, -0.05) is 5.16 Å². The van der Waals surface area contributed by atoms with Gasteiger partial charge in [-0.15, -0.1) is 11.3 Å². The number of nitrogens with zero attached hydrogens (tertiary/aromatic N) is 6. The molecule has 1 aliphatic heterocycles. The van der Waals surface area contributed by atoms with Crippen molar-refractivity contribution in [3.05, 3.63) is 40.4 Å². The highest BCUT2D eigenvalue weighted by Gasteiger charge is 2.33. The molecule has 0 aliphatic carbocycles. The third-order valence-corrected chi connectivity index (χ3v) is 4.57. The molecule has 4 rings (SSSR count). The second kappa shape index (κ2) is 8.63. The summed E-state index contributed by atoms with van der Waals surface area (Å²) in [5.74, 6) is -1.77.